The van der Waals surface area contributed by atoms with Crippen LogP contribution < -0.4 is 10.1 Å². The maximum absolute atomic E-state index is 6.20. The van der Waals surface area contributed by atoms with Gasteiger partial charge in [-0.3, -0.25) is 0 Å². The zero-order valence-corrected chi connectivity index (χ0v) is 16.6. The minimum absolute atomic E-state index is 0.367. The van der Waals surface area contributed by atoms with Crippen LogP contribution in [-0.2, 0) is 13.2 Å². The number of ether oxygens (including phenoxy) is 1. The standard InChI is InChI=1S/C20H15Cl4NO/c21-15-6-8-20(26-12-13-3-1-2-4-17(13)23)14(9-15)11-25-19-10-16(22)5-7-18(19)24/h1-10,25H,11-12H2. The van der Waals surface area contributed by atoms with E-state index in [0.717, 1.165) is 22.6 Å². The van der Waals surface area contributed by atoms with Gasteiger partial charge in [-0.25, -0.2) is 0 Å². The van der Waals surface area contributed by atoms with E-state index in [0.29, 0.717) is 33.2 Å². The summed E-state index contributed by atoms with van der Waals surface area (Å²) >= 11 is 24.6. The Morgan fingerprint density at radius 3 is 2.27 bits per heavy atom. The molecular weight excluding hydrogens is 412 g/mol. The fourth-order valence-corrected chi connectivity index (χ4v) is 3.16. The van der Waals surface area contributed by atoms with Gasteiger partial charge in [0.15, 0.2) is 0 Å². The molecule has 0 fully saturated rings. The van der Waals surface area contributed by atoms with Crippen LogP contribution in [0.2, 0.25) is 20.1 Å². The summed E-state index contributed by atoms with van der Waals surface area (Å²) < 4.78 is 5.96. The molecule has 3 rings (SSSR count). The topological polar surface area (TPSA) is 21.3 Å². The predicted molar refractivity (Wildman–Crippen MR) is 111 cm³/mol. The molecule has 2 nitrogen and oxygen atoms in total. The van der Waals surface area contributed by atoms with E-state index in [1.165, 1.54) is 0 Å². The van der Waals surface area contributed by atoms with Gasteiger partial charge in [0.1, 0.15) is 12.4 Å². The number of anilines is 1. The lowest BCUT2D eigenvalue weighted by atomic mass is 10.2. The van der Waals surface area contributed by atoms with Crippen molar-refractivity contribution in [1.82, 2.24) is 0 Å². The predicted octanol–water partition coefficient (Wildman–Crippen LogP) is 7.49. The second-order valence-electron chi connectivity index (χ2n) is 5.61. The van der Waals surface area contributed by atoms with Crippen LogP contribution in [0.25, 0.3) is 0 Å². The third-order valence-corrected chi connectivity index (χ3v) is 4.93. The molecule has 134 valence electrons. The van der Waals surface area contributed by atoms with Gasteiger partial charge in [-0.05, 0) is 42.5 Å². The molecule has 3 aromatic rings. The van der Waals surface area contributed by atoms with Crippen molar-refractivity contribution in [3.05, 3.63) is 91.9 Å². The van der Waals surface area contributed by atoms with E-state index in [4.69, 9.17) is 51.1 Å². The number of hydrogen-bond donors (Lipinski definition) is 1. The molecule has 0 aliphatic heterocycles. The molecule has 0 saturated carbocycles. The molecule has 1 N–H and O–H groups in total. The summed E-state index contributed by atoms with van der Waals surface area (Å²) in [6, 6.07) is 18.3. The second kappa shape index (κ2) is 8.88. The van der Waals surface area contributed by atoms with Crippen molar-refractivity contribution in [2.45, 2.75) is 13.2 Å². The third-order valence-electron chi connectivity index (χ3n) is 3.76. The SMILES string of the molecule is Clc1ccc(OCc2ccccc2Cl)c(CNc2cc(Cl)ccc2Cl)c1. The highest BCUT2D eigenvalue weighted by Crippen LogP contribution is 2.29. The average molecular weight is 427 g/mol. The Hall–Kier alpha value is -1.58. The van der Waals surface area contributed by atoms with E-state index in [1.54, 1.807) is 24.3 Å². The van der Waals surface area contributed by atoms with E-state index in [-0.39, 0.29) is 0 Å². The normalized spacial score (nSPS) is 10.6. The van der Waals surface area contributed by atoms with Gasteiger partial charge in [-0.1, -0.05) is 64.6 Å². The first-order valence-electron chi connectivity index (χ1n) is 7.86. The van der Waals surface area contributed by atoms with Crippen molar-refractivity contribution >= 4 is 52.1 Å². The van der Waals surface area contributed by atoms with Crippen molar-refractivity contribution < 1.29 is 4.74 Å². The monoisotopic (exact) mass is 425 g/mol. The Kier molecular flexibility index (Phi) is 6.55. The summed E-state index contributed by atoms with van der Waals surface area (Å²) in [7, 11) is 0. The Balaban J connectivity index is 1.75. The fraction of sp³-hybridized carbons (Fsp3) is 0.100. The van der Waals surface area contributed by atoms with Crippen LogP contribution in [0, 0.1) is 0 Å². The number of benzene rings is 3. The van der Waals surface area contributed by atoms with Crippen LogP contribution in [0.5, 0.6) is 5.75 Å². The van der Waals surface area contributed by atoms with Crippen LogP contribution in [0.3, 0.4) is 0 Å². The molecule has 0 amide bonds. The molecule has 3 aromatic carbocycles. The van der Waals surface area contributed by atoms with E-state index in [2.05, 4.69) is 5.32 Å². The van der Waals surface area contributed by atoms with Crippen molar-refractivity contribution in [3.63, 3.8) is 0 Å². The minimum Gasteiger partial charge on any atom is -0.488 e. The summed E-state index contributed by atoms with van der Waals surface area (Å²) in [5.41, 5.74) is 2.57. The Labute approximate surface area is 172 Å². The molecule has 26 heavy (non-hydrogen) atoms. The number of rotatable bonds is 6. The maximum atomic E-state index is 6.20. The maximum Gasteiger partial charge on any atom is 0.124 e. The zero-order valence-electron chi connectivity index (χ0n) is 13.6. The Morgan fingerprint density at radius 2 is 1.46 bits per heavy atom. The van der Waals surface area contributed by atoms with Gasteiger partial charge >= 0.3 is 0 Å². The van der Waals surface area contributed by atoms with Gasteiger partial charge in [-0.2, -0.15) is 0 Å². The van der Waals surface area contributed by atoms with Crippen LogP contribution in [0.1, 0.15) is 11.1 Å². The highest BCUT2D eigenvalue weighted by Gasteiger charge is 2.08. The van der Waals surface area contributed by atoms with Gasteiger partial charge in [0.25, 0.3) is 0 Å². The van der Waals surface area contributed by atoms with Crippen molar-refractivity contribution in [1.29, 1.82) is 0 Å². The minimum atomic E-state index is 0.367. The number of nitrogens with one attached hydrogen (secondary N) is 1. The summed E-state index contributed by atoms with van der Waals surface area (Å²) in [4.78, 5) is 0. The Bertz CT molecular complexity index is 914. The van der Waals surface area contributed by atoms with E-state index >= 15 is 0 Å². The lowest BCUT2D eigenvalue weighted by Gasteiger charge is -2.15. The summed E-state index contributed by atoms with van der Waals surface area (Å²) in [6.45, 7) is 0.852. The number of hydrogen-bond acceptors (Lipinski definition) is 2. The molecule has 0 unspecified atom stereocenters. The van der Waals surface area contributed by atoms with E-state index in [9.17, 15) is 0 Å². The van der Waals surface area contributed by atoms with E-state index < -0.39 is 0 Å². The van der Waals surface area contributed by atoms with Crippen LogP contribution in [0.15, 0.2) is 60.7 Å². The summed E-state index contributed by atoms with van der Waals surface area (Å²) in [6.07, 6.45) is 0. The molecule has 0 saturated heterocycles. The number of halogens is 4. The molecule has 0 aromatic heterocycles. The average Bonchev–Trinajstić information content (AvgIpc) is 2.63. The lowest BCUT2D eigenvalue weighted by Crippen LogP contribution is -2.04. The summed E-state index contributed by atoms with van der Waals surface area (Å²) in [5, 5.41) is 5.77. The molecule has 0 spiro atoms. The molecule has 0 bridgehead atoms. The lowest BCUT2D eigenvalue weighted by molar-refractivity contribution is 0.303. The first-order valence-corrected chi connectivity index (χ1v) is 9.37. The molecule has 0 radical (unpaired) electrons. The third kappa shape index (κ3) is 4.99. The first-order chi connectivity index (χ1) is 12.5. The van der Waals surface area contributed by atoms with Crippen molar-refractivity contribution in [2.75, 3.05) is 5.32 Å². The fourth-order valence-electron chi connectivity index (χ4n) is 2.42. The highest BCUT2D eigenvalue weighted by molar-refractivity contribution is 6.35. The first kappa shape index (κ1) is 19.2. The van der Waals surface area contributed by atoms with Gasteiger partial charge in [0.05, 0.1) is 10.7 Å². The van der Waals surface area contributed by atoms with Crippen molar-refractivity contribution in [3.8, 4) is 5.75 Å². The Morgan fingerprint density at radius 1 is 0.731 bits per heavy atom. The molecule has 0 aliphatic rings. The van der Waals surface area contributed by atoms with E-state index in [1.807, 2.05) is 36.4 Å². The largest absolute Gasteiger partial charge is 0.488 e. The van der Waals surface area contributed by atoms with Gasteiger partial charge in [-0.15, -0.1) is 0 Å². The summed E-state index contributed by atoms with van der Waals surface area (Å²) in [5.74, 6) is 0.722. The molecular formula is C20H15Cl4NO. The van der Waals surface area contributed by atoms with Gasteiger partial charge in [0.2, 0.25) is 0 Å². The zero-order chi connectivity index (χ0) is 18.5. The molecule has 6 heteroatoms. The molecule has 0 heterocycles. The van der Waals surface area contributed by atoms with Crippen LogP contribution in [-0.4, -0.2) is 0 Å². The van der Waals surface area contributed by atoms with Crippen LogP contribution >= 0.6 is 46.4 Å². The molecule has 0 aliphatic carbocycles. The van der Waals surface area contributed by atoms with Gasteiger partial charge in [0, 0.05) is 32.7 Å². The molecule has 0 atom stereocenters. The quantitative estimate of drug-likeness (QED) is 0.440. The highest BCUT2D eigenvalue weighted by atomic mass is 35.5. The smallest absolute Gasteiger partial charge is 0.124 e. The van der Waals surface area contributed by atoms with Crippen molar-refractivity contribution in [2.24, 2.45) is 0 Å². The second-order valence-corrected chi connectivity index (χ2v) is 7.30. The van der Waals surface area contributed by atoms with Crippen LogP contribution in [0.4, 0.5) is 5.69 Å². The van der Waals surface area contributed by atoms with Gasteiger partial charge < -0.3 is 10.1 Å².